The van der Waals surface area contributed by atoms with Gasteiger partial charge in [-0.2, -0.15) is 0 Å². The molecule has 1 aromatic carbocycles. The van der Waals surface area contributed by atoms with Crippen LogP contribution in [0.15, 0.2) is 23.2 Å². The van der Waals surface area contributed by atoms with Crippen LogP contribution in [0.2, 0.25) is 0 Å². The van der Waals surface area contributed by atoms with Gasteiger partial charge in [-0.25, -0.2) is 12.7 Å². The highest BCUT2D eigenvalue weighted by Gasteiger charge is 2.28. The Bertz CT molecular complexity index is 837. The summed E-state index contributed by atoms with van der Waals surface area (Å²) in [6.07, 6.45) is 3.18. The number of guanidine groups is 1. The number of aryl methyl sites for hydroxylation is 1. The number of hydrogen-bond acceptors (Lipinski definition) is 5. The normalized spacial score (nSPS) is 23.0. The molecule has 30 heavy (non-hydrogen) atoms. The van der Waals surface area contributed by atoms with Crippen LogP contribution in [0.4, 0.5) is 0 Å². The Morgan fingerprint density at radius 3 is 2.80 bits per heavy atom. The first kappa shape index (κ1) is 22.8. The van der Waals surface area contributed by atoms with Crippen molar-refractivity contribution in [2.45, 2.75) is 26.3 Å². The van der Waals surface area contributed by atoms with E-state index in [4.69, 9.17) is 9.47 Å². The van der Waals surface area contributed by atoms with E-state index in [1.807, 2.05) is 0 Å². The van der Waals surface area contributed by atoms with Crippen LogP contribution in [-0.2, 0) is 21.3 Å². The summed E-state index contributed by atoms with van der Waals surface area (Å²) in [5, 5.41) is 6.66. The van der Waals surface area contributed by atoms with E-state index in [0.717, 1.165) is 42.9 Å². The molecule has 168 valence electrons. The van der Waals surface area contributed by atoms with Gasteiger partial charge >= 0.3 is 0 Å². The van der Waals surface area contributed by atoms with E-state index in [1.165, 1.54) is 6.26 Å². The lowest BCUT2D eigenvalue weighted by atomic mass is 10.1. The van der Waals surface area contributed by atoms with E-state index in [0.29, 0.717) is 44.7 Å². The molecule has 0 aliphatic carbocycles. The Hall–Kier alpha value is -1.84. The number of aliphatic imine (C=N–C) groups is 1. The molecule has 1 aromatic rings. The van der Waals surface area contributed by atoms with Crippen molar-refractivity contribution in [1.82, 2.24) is 14.9 Å². The first-order valence-electron chi connectivity index (χ1n) is 10.5. The number of ether oxygens (including phenoxy) is 2. The average Bonchev–Trinajstić information content (AvgIpc) is 3.39. The Morgan fingerprint density at radius 1 is 1.30 bits per heavy atom. The van der Waals surface area contributed by atoms with Crippen LogP contribution >= 0.6 is 0 Å². The van der Waals surface area contributed by atoms with Gasteiger partial charge in [0.05, 0.1) is 19.5 Å². The third-order valence-electron chi connectivity index (χ3n) is 5.67. The number of sulfonamides is 1. The third kappa shape index (κ3) is 6.58. The second kappa shape index (κ2) is 10.5. The Morgan fingerprint density at radius 2 is 2.13 bits per heavy atom. The summed E-state index contributed by atoms with van der Waals surface area (Å²) in [7, 11) is -1.37. The Balaban J connectivity index is 1.49. The first-order valence-corrected chi connectivity index (χ1v) is 12.4. The molecular weight excluding hydrogens is 404 g/mol. The van der Waals surface area contributed by atoms with Crippen molar-refractivity contribution in [3.8, 4) is 5.75 Å². The van der Waals surface area contributed by atoms with E-state index in [2.05, 4.69) is 40.7 Å². The predicted octanol–water partition coefficient (Wildman–Crippen LogP) is 1.36. The molecule has 2 atom stereocenters. The number of benzene rings is 1. The maximum atomic E-state index is 11.7. The molecule has 2 aliphatic heterocycles. The van der Waals surface area contributed by atoms with Gasteiger partial charge in [0.1, 0.15) is 5.75 Å². The quantitative estimate of drug-likeness (QED) is 0.470. The van der Waals surface area contributed by atoms with Crippen LogP contribution in [0.3, 0.4) is 0 Å². The van der Waals surface area contributed by atoms with Gasteiger partial charge in [0.25, 0.3) is 0 Å². The van der Waals surface area contributed by atoms with Gasteiger partial charge in [-0.3, -0.25) is 4.99 Å². The van der Waals surface area contributed by atoms with Crippen molar-refractivity contribution in [3.63, 3.8) is 0 Å². The SMILES string of the molecule is CN=C(NCc1ccc(C)cc1OCC1CCOC1)NCC1CCN(S(C)(=O)=O)C1. The van der Waals surface area contributed by atoms with Crippen LogP contribution in [0.1, 0.15) is 24.0 Å². The molecule has 0 aromatic heterocycles. The summed E-state index contributed by atoms with van der Waals surface area (Å²) in [5.41, 5.74) is 2.24. The van der Waals surface area contributed by atoms with Crippen molar-refractivity contribution >= 4 is 16.0 Å². The molecule has 2 aliphatic rings. The highest BCUT2D eigenvalue weighted by Crippen LogP contribution is 2.23. The van der Waals surface area contributed by atoms with Crippen molar-refractivity contribution in [1.29, 1.82) is 0 Å². The fourth-order valence-electron chi connectivity index (χ4n) is 3.77. The fraction of sp³-hybridized carbons (Fsp3) is 0.667. The van der Waals surface area contributed by atoms with E-state index in [1.54, 1.807) is 11.4 Å². The second-order valence-corrected chi connectivity index (χ2v) is 10.2. The molecular formula is C21H34N4O4S. The fourth-order valence-corrected chi connectivity index (χ4v) is 4.69. The smallest absolute Gasteiger partial charge is 0.211 e. The summed E-state index contributed by atoms with van der Waals surface area (Å²) in [5.74, 6) is 2.33. The average molecular weight is 439 g/mol. The second-order valence-electron chi connectivity index (χ2n) is 8.23. The minimum absolute atomic E-state index is 0.283. The van der Waals surface area contributed by atoms with Gasteiger partial charge in [-0.15, -0.1) is 0 Å². The third-order valence-corrected chi connectivity index (χ3v) is 6.94. The van der Waals surface area contributed by atoms with E-state index in [9.17, 15) is 8.42 Å². The molecule has 2 saturated heterocycles. The Kier molecular flexibility index (Phi) is 7.96. The highest BCUT2D eigenvalue weighted by atomic mass is 32.2. The molecule has 2 N–H and O–H groups in total. The molecule has 0 spiro atoms. The lowest BCUT2D eigenvalue weighted by Gasteiger charge is -2.18. The van der Waals surface area contributed by atoms with Gasteiger partial charge < -0.3 is 20.1 Å². The van der Waals surface area contributed by atoms with Gasteiger partial charge in [-0.05, 0) is 37.3 Å². The van der Waals surface area contributed by atoms with E-state index in [-0.39, 0.29) is 5.92 Å². The summed E-state index contributed by atoms with van der Waals surface area (Å²) in [6, 6.07) is 6.23. The van der Waals surface area contributed by atoms with Gasteiger partial charge in [0.2, 0.25) is 10.0 Å². The van der Waals surface area contributed by atoms with Gasteiger partial charge in [0.15, 0.2) is 5.96 Å². The number of nitrogens with one attached hydrogen (secondary N) is 2. The maximum Gasteiger partial charge on any atom is 0.211 e. The number of nitrogens with zero attached hydrogens (tertiary/aromatic N) is 2. The molecule has 0 amide bonds. The summed E-state index contributed by atoms with van der Waals surface area (Å²) < 4.78 is 36.4. The van der Waals surface area contributed by atoms with E-state index < -0.39 is 10.0 Å². The zero-order valence-corrected chi connectivity index (χ0v) is 19.0. The monoisotopic (exact) mass is 438 g/mol. The minimum Gasteiger partial charge on any atom is -0.493 e. The summed E-state index contributed by atoms with van der Waals surface area (Å²) in [4.78, 5) is 4.29. The number of hydrogen-bond donors (Lipinski definition) is 2. The summed E-state index contributed by atoms with van der Waals surface area (Å²) in [6.45, 7) is 6.75. The van der Waals surface area contributed by atoms with Crippen LogP contribution < -0.4 is 15.4 Å². The molecule has 3 rings (SSSR count). The molecule has 2 fully saturated rings. The van der Waals surface area contributed by atoms with Gasteiger partial charge in [0, 0.05) is 51.3 Å². The molecule has 0 saturated carbocycles. The predicted molar refractivity (Wildman–Crippen MR) is 118 cm³/mol. The molecule has 0 radical (unpaired) electrons. The van der Waals surface area contributed by atoms with E-state index >= 15 is 0 Å². The minimum atomic E-state index is -3.11. The van der Waals surface area contributed by atoms with Crippen molar-refractivity contribution in [2.75, 3.05) is 52.8 Å². The zero-order chi connectivity index (χ0) is 21.6. The number of rotatable bonds is 8. The van der Waals surface area contributed by atoms with Crippen LogP contribution in [0.25, 0.3) is 0 Å². The highest BCUT2D eigenvalue weighted by molar-refractivity contribution is 7.88. The topological polar surface area (TPSA) is 92.3 Å². The molecule has 0 bridgehead atoms. The molecule has 8 nitrogen and oxygen atoms in total. The largest absolute Gasteiger partial charge is 0.493 e. The van der Waals surface area contributed by atoms with Crippen LogP contribution in [-0.4, -0.2) is 71.4 Å². The van der Waals surface area contributed by atoms with Crippen molar-refractivity contribution in [3.05, 3.63) is 29.3 Å². The van der Waals surface area contributed by atoms with Crippen molar-refractivity contribution in [2.24, 2.45) is 16.8 Å². The first-order chi connectivity index (χ1) is 14.3. The maximum absolute atomic E-state index is 11.7. The van der Waals surface area contributed by atoms with Gasteiger partial charge in [-0.1, -0.05) is 12.1 Å². The molecule has 2 unspecified atom stereocenters. The lowest BCUT2D eigenvalue weighted by molar-refractivity contribution is 0.166. The van der Waals surface area contributed by atoms with Crippen molar-refractivity contribution < 1.29 is 17.9 Å². The Labute approximate surface area is 180 Å². The molecule has 9 heteroatoms. The van der Waals surface area contributed by atoms with Crippen LogP contribution in [0.5, 0.6) is 5.75 Å². The molecule has 2 heterocycles. The zero-order valence-electron chi connectivity index (χ0n) is 18.2. The standard InChI is InChI=1S/C21H34N4O4S/c1-16-4-5-19(20(10-16)29-15-18-7-9-28-14-18)12-24-21(22-2)23-11-17-6-8-25(13-17)30(3,26)27/h4-5,10,17-18H,6-9,11-15H2,1-3H3,(H2,22,23,24). The van der Waals surface area contributed by atoms with Crippen LogP contribution in [0, 0.1) is 18.8 Å². The summed E-state index contributed by atoms with van der Waals surface area (Å²) >= 11 is 0. The lowest BCUT2D eigenvalue weighted by Crippen LogP contribution is -2.40.